The topological polar surface area (TPSA) is 114 Å². The first-order valence-electron chi connectivity index (χ1n) is 9.94. The van der Waals surface area contributed by atoms with E-state index in [9.17, 15) is 19.7 Å². The number of thiazole rings is 1. The average molecular weight is 449 g/mol. The molecule has 0 spiro atoms. The number of nitro benzene ring substituents is 1. The van der Waals surface area contributed by atoms with Crippen LogP contribution in [0.2, 0.25) is 4.34 Å². The zero-order valence-corrected chi connectivity index (χ0v) is 17.7. The minimum absolute atomic E-state index is 0.0984. The summed E-state index contributed by atoms with van der Waals surface area (Å²) in [5.41, 5.74) is 0.783. The fourth-order valence-electron chi connectivity index (χ4n) is 4.43. The Morgan fingerprint density at radius 1 is 1.37 bits per heavy atom. The smallest absolute Gasteiger partial charge is 0.269 e. The van der Waals surface area contributed by atoms with Crippen molar-refractivity contribution in [1.29, 1.82) is 0 Å². The number of nitrogens with zero attached hydrogens (tertiary/aromatic N) is 2. The number of nitro groups is 1. The molecular weight excluding hydrogens is 428 g/mol. The van der Waals surface area contributed by atoms with Gasteiger partial charge in [0, 0.05) is 17.7 Å². The second-order valence-electron chi connectivity index (χ2n) is 7.78. The van der Waals surface area contributed by atoms with Crippen LogP contribution in [0.1, 0.15) is 60.5 Å². The van der Waals surface area contributed by atoms with Crippen molar-refractivity contribution in [2.45, 2.75) is 44.6 Å². The van der Waals surface area contributed by atoms with Gasteiger partial charge in [-0.1, -0.05) is 55.0 Å². The Balaban J connectivity index is 1.65. The van der Waals surface area contributed by atoms with E-state index in [1.807, 2.05) is 0 Å². The molecule has 158 valence electrons. The quantitative estimate of drug-likeness (QED) is 0.490. The van der Waals surface area contributed by atoms with Gasteiger partial charge in [0.15, 0.2) is 5.13 Å². The molecule has 1 aliphatic carbocycles. The van der Waals surface area contributed by atoms with Gasteiger partial charge in [0.2, 0.25) is 5.91 Å². The maximum atomic E-state index is 13.2. The monoisotopic (exact) mass is 448 g/mol. The number of aromatic nitrogens is 1. The number of benzene rings is 1. The van der Waals surface area contributed by atoms with Crippen LogP contribution in [0.25, 0.3) is 0 Å². The Morgan fingerprint density at radius 3 is 2.80 bits per heavy atom. The summed E-state index contributed by atoms with van der Waals surface area (Å²) in [6.07, 6.45) is 7.58. The fraction of sp³-hybridized carbons (Fsp3) is 0.450. The fourth-order valence-corrected chi connectivity index (χ4v) is 5.24. The van der Waals surface area contributed by atoms with Gasteiger partial charge in [0.05, 0.1) is 23.1 Å². The van der Waals surface area contributed by atoms with E-state index in [4.69, 9.17) is 11.6 Å². The van der Waals surface area contributed by atoms with Crippen molar-refractivity contribution in [2.24, 2.45) is 11.8 Å². The van der Waals surface area contributed by atoms with Gasteiger partial charge in [-0.15, -0.1) is 0 Å². The molecule has 1 unspecified atom stereocenters. The molecule has 10 heteroatoms. The van der Waals surface area contributed by atoms with E-state index in [2.05, 4.69) is 15.6 Å². The molecule has 1 aromatic heterocycles. The lowest BCUT2D eigenvalue weighted by Gasteiger charge is -2.29. The van der Waals surface area contributed by atoms with Gasteiger partial charge in [0.25, 0.3) is 11.6 Å². The highest BCUT2D eigenvalue weighted by Crippen LogP contribution is 2.40. The van der Waals surface area contributed by atoms with Crippen molar-refractivity contribution < 1.29 is 14.5 Å². The molecule has 8 nitrogen and oxygen atoms in total. The Labute approximate surface area is 182 Å². The van der Waals surface area contributed by atoms with Crippen LogP contribution in [0.3, 0.4) is 0 Å². The highest BCUT2D eigenvalue weighted by Gasteiger charge is 2.40. The molecule has 0 bridgehead atoms. The standard InChI is InChI=1S/C20H21ClN4O4S/c21-16-10-22-20(30-16)24-19(27)15(8-11-4-2-1-3-5-11)17-14-9-12(25(28)29)6-7-13(14)18(26)23-17/h6-7,9-11,15,17H,1-5,8H2,(H,23,26)(H,22,24,27)/t15?,17-/m1/s1. The minimum Gasteiger partial charge on any atom is -0.344 e. The number of non-ortho nitro benzene ring substituents is 1. The Kier molecular flexibility index (Phi) is 6.01. The van der Waals surface area contributed by atoms with E-state index in [1.165, 1.54) is 30.8 Å². The minimum atomic E-state index is -0.621. The number of rotatable bonds is 6. The summed E-state index contributed by atoms with van der Waals surface area (Å²) >= 11 is 7.08. The number of anilines is 1. The van der Waals surface area contributed by atoms with Gasteiger partial charge in [0.1, 0.15) is 4.34 Å². The summed E-state index contributed by atoms with van der Waals surface area (Å²) in [6.45, 7) is 0. The van der Waals surface area contributed by atoms with E-state index in [0.717, 1.165) is 37.0 Å². The number of carbonyl (C=O) groups is 2. The van der Waals surface area contributed by atoms with Crippen molar-refractivity contribution in [2.75, 3.05) is 5.32 Å². The number of nitrogens with one attached hydrogen (secondary N) is 2. The van der Waals surface area contributed by atoms with Crippen LogP contribution in [-0.4, -0.2) is 21.7 Å². The van der Waals surface area contributed by atoms with Gasteiger partial charge in [-0.3, -0.25) is 19.7 Å². The lowest BCUT2D eigenvalue weighted by atomic mass is 9.79. The molecule has 2 heterocycles. The number of amides is 2. The van der Waals surface area contributed by atoms with Crippen LogP contribution in [-0.2, 0) is 4.79 Å². The molecule has 1 saturated carbocycles. The summed E-state index contributed by atoms with van der Waals surface area (Å²) in [5.74, 6) is -0.781. The van der Waals surface area contributed by atoms with E-state index < -0.39 is 16.9 Å². The maximum absolute atomic E-state index is 13.2. The third-order valence-electron chi connectivity index (χ3n) is 5.87. The summed E-state index contributed by atoms with van der Waals surface area (Å²) in [5, 5.41) is 17.3. The zero-order chi connectivity index (χ0) is 21.3. The average Bonchev–Trinajstić information content (AvgIpc) is 3.29. The molecule has 1 fully saturated rings. The molecule has 1 aliphatic heterocycles. The zero-order valence-electron chi connectivity index (χ0n) is 16.1. The van der Waals surface area contributed by atoms with Crippen LogP contribution >= 0.6 is 22.9 Å². The first-order valence-corrected chi connectivity index (χ1v) is 11.1. The van der Waals surface area contributed by atoms with Crippen molar-refractivity contribution in [3.63, 3.8) is 0 Å². The second-order valence-corrected chi connectivity index (χ2v) is 9.45. The highest BCUT2D eigenvalue weighted by atomic mass is 35.5. The van der Waals surface area contributed by atoms with Crippen LogP contribution in [0.15, 0.2) is 24.4 Å². The maximum Gasteiger partial charge on any atom is 0.269 e. The van der Waals surface area contributed by atoms with Crippen molar-refractivity contribution >= 4 is 45.6 Å². The molecule has 2 aliphatic rings. The molecule has 2 amide bonds. The molecule has 0 saturated heterocycles. The molecule has 2 N–H and O–H groups in total. The van der Waals surface area contributed by atoms with E-state index >= 15 is 0 Å². The first-order chi connectivity index (χ1) is 14.4. The lowest BCUT2D eigenvalue weighted by Crippen LogP contribution is -2.36. The largest absolute Gasteiger partial charge is 0.344 e. The normalized spacial score (nSPS) is 19.8. The summed E-state index contributed by atoms with van der Waals surface area (Å²) < 4.78 is 0.462. The molecule has 4 rings (SSSR count). The summed E-state index contributed by atoms with van der Waals surface area (Å²) in [6, 6.07) is 3.55. The number of halogens is 1. The third-order valence-corrected chi connectivity index (χ3v) is 6.90. The third kappa shape index (κ3) is 4.32. The van der Waals surface area contributed by atoms with Gasteiger partial charge in [-0.25, -0.2) is 4.98 Å². The van der Waals surface area contributed by atoms with E-state index in [1.54, 1.807) is 0 Å². The van der Waals surface area contributed by atoms with Crippen molar-refractivity contribution in [1.82, 2.24) is 10.3 Å². The van der Waals surface area contributed by atoms with Crippen LogP contribution in [0.4, 0.5) is 10.8 Å². The predicted octanol–water partition coefficient (Wildman–Crippen LogP) is 4.71. The van der Waals surface area contributed by atoms with Crippen LogP contribution in [0.5, 0.6) is 0 Å². The molecule has 0 radical (unpaired) electrons. The Morgan fingerprint density at radius 2 is 2.13 bits per heavy atom. The molecule has 2 aromatic rings. The SMILES string of the molecule is O=C1N[C@@H](C(CC2CCCCC2)C(=O)Nc2ncc(Cl)s2)c2cc([N+](=O)[O-])ccc21. The number of hydrogen-bond acceptors (Lipinski definition) is 6. The lowest BCUT2D eigenvalue weighted by molar-refractivity contribution is -0.384. The second kappa shape index (κ2) is 8.69. The van der Waals surface area contributed by atoms with Gasteiger partial charge < -0.3 is 10.6 Å². The van der Waals surface area contributed by atoms with Crippen molar-refractivity contribution in [3.05, 3.63) is 50.0 Å². The Hall–Kier alpha value is -2.52. The van der Waals surface area contributed by atoms with Gasteiger partial charge in [-0.2, -0.15) is 0 Å². The van der Waals surface area contributed by atoms with E-state index in [0.29, 0.717) is 32.9 Å². The van der Waals surface area contributed by atoms with Gasteiger partial charge in [-0.05, 0) is 24.0 Å². The molecule has 2 atom stereocenters. The molecule has 1 aromatic carbocycles. The number of hydrogen-bond donors (Lipinski definition) is 2. The van der Waals surface area contributed by atoms with E-state index in [-0.39, 0.29) is 17.5 Å². The first kappa shape index (κ1) is 20.7. The molecule has 30 heavy (non-hydrogen) atoms. The van der Waals surface area contributed by atoms with Crippen molar-refractivity contribution in [3.8, 4) is 0 Å². The van der Waals surface area contributed by atoms with Gasteiger partial charge >= 0.3 is 0 Å². The summed E-state index contributed by atoms with van der Waals surface area (Å²) in [4.78, 5) is 40.6. The van der Waals surface area contributed by atoms with Crippen LogP contribution in [0, 0.1) is 22.0 Å². The number of carbonyl (C=O) groups excluding carboxylic acids is 2. The highest BCUT2D eigenvalue weighted by molar-refractivity contribution is 7.19. The predicted molar refractivity (Wildman–Crippen MR) is 114 cm³/mol. The molecular formula is C20H21ClN4O4S. The number of fused-ring (bicyclic) bond motifs is 1. The Bertz CT molecular complexity index is 989. The summed E-state index contributed by atoms with van der Waals surface area (Å²) in [7, 11) is 0. The van der Waals surface area contributed by atoms with Crippen LogP contribution < -0.4 is 10.6 Å².